The van der Waals surface area contributed by atoms with Crippen LogP contribution in [0.25, 0.3) is 41.7 Å². The van der Waals surface area contributed by atoms with Crippen molar-refractivity contribution in [1.82, 2.24) is 9.97 Å². The first kappa shape index (κ1) is 98.3. The van der Waals surface area contributed by atoms with Crippen LogP contribution >= 0.6 is 22.7 Å². The van der Waals surface area contributed by atoms with E-state index in [0.717, 1.165) is 160 Å². The van der Waals surface area contributed by atoms with E-state index in [9.17, 15) is 34.5 Å². The number of thiophene rings is 2. The zero-order valence-corrected chi connectivity index (χ0v) is 82.6. The number of fused-ring (bicyclic) bond motifs is 4. The second-order valence-corrected chi connectivity index (χ2v) is 57.0. The molecule has 0 saturated heterocycles. The van der Waals surface area contributed by atoms with Crippen LogP contribution in [0.5, 0.6) is 0 Å². The Kier molecular flexibility index (Phi) is 34.9. The number of unbranched alkanes of at least 4 members (excludes halogenated alkanes) is 6. The number of aliphatic hydroxyl groups excluding tert-OH is 3. The first-order chi connectivity index (χ1) is 59.4. The van der Waals surface area contributed by atoms with Crippen molar-refractivity contribution in [1.29, 1.82) is 0 Å². The van der Waals surface area contributed by atoms with Crippen LogP contribution in [-0.4, -0.2) is 98.2 Å². The summed E-state index contributed by atoms with van der Waals surface area (Å²) in [6, 6.07) is 53.4. The SMILES string of the molecule is CCC(C(=O)Cc1ccc2cnccc2c1)c1ccc(COC(=O)CCCCCC[C@@H]2[C@@H](CC[C@@H](O)c3cc4ccccc4s3)[C@H](O)C[C@@H]2O)cc1.CCC(C(=O)Cc1ccc2cnccc2c1)c1ccc(COC(=O)CCCCCC[C@@H]2[C@@H](CC[C@@H](O[Si](C)(C)C(C)(C)C)c3cc4ccccc4s3)[C@H](O[Si](C)(C)C(C)(C)C)C[C@@H]2O[Si](C)(C)C(C)(C)C)cc1. The Hall–Kier alpha value is -7.25. The molecule has 19 heteroatoms. The van der Waals surface area contributed by atoms with Crippen LogP contribution < -0.4 is 0 Å². The molecule has 2 saturated carbocycles. The average molecular weight is 1790 g/mol. The number of nitrogens with zero attached hydrogens (tertiary/aromatic N) is 2. The molecule has 12 rings (SSSR count). The van der Waals surface area contributed by atoms with E-state index in [-0.39, 0.29) is 93.8 Å². The number of ketones is 2. The number of carbonyl (C=O) groups excluding carboxylic acids is 4. The Morgan fingerprint density at radius 1 is 0.432 bits per heavy atom. The lowest BCUT2D eigenvalue weighted by molar-refractivity contribution is -0.146. The fourth-order valence-corrected chi connectivity index (χ4v) is 24.2. The van der Waals surface area contributed by atoms with E-state index in [1.807, 2.05) is 128 Å². The zero-order chi connectivity index (χ0) is 90.0. The van der Waals surface area contributed by atoms with Gasteiger partial charge in [-0.15, -0.1) is 22.7 Å². The molecule has 2 fully saturated rings. The van der Waals surface area contributed by atoms with E-state index >= 15 is 0 Å². The maximum atomic E-state index is 13.5. The fourth-order valence-electron chi connectivity index (χ4n) is 17.9. The van der Waals surface area contributed by atoms with Gasteiger partial charge in [0.25, 0.3) is 0 Å². The zero-order valence-electron chi connectivity index (χ0n) is 77.9. The molecule has 2 aliphatic carbocycles. The number of ether oxygens (including phenoxy) is 2. The highest BCUT2D eigenvalue weighted by atomic mass is 32.1. The van der Waals surface area contributed by atoms with Gasteiger partial charge in [0.15, 0.2) is 25.0 Å². The summed E-state index contributed by atoms with van der Waals surface area (Å²) < 4.78 is 36.3. The van der Waals surface area contributed by atoms with Crippen LogP contribution in [0.15, 0.2) is 183 Å². The molecule has 12 atom stereocenters. The summed E-state index contributed by atoms with van der Waals surface area (Å²) in [6.45, 7) is 40.2. The van der Waals surface area contributed by atoms with Gasteiger partial charge in [0, 0.05) is 92.2 Å². The predicted molar refractivity (Wildman–Crippen MR) is 522 cm³/mol. The third kappa shape index (κ3) is 27.0. The molecule has 14 nitrogen and oxygen atoms in total. The van der Waals surface area contributed by atoms with Crippen molar-refractivity contribution in [3.8, 4) is 0 Å². The van der Waals surface area contributed by atoms with Gasteiger partial charge in [0.05, 0.1) is 36.6 Å². The first-order valence-corrected chi connectivity index (χ1v) is 57.0. The van der Waals surface area contributed by atoms with Gasteiger partial charge in [-0.3, -0.25) is 29.1 Å². The summed E-state index contributed by atoms with van der Waals surface area (Å²) in [4.78, 5) is 63.0. The number of aliphatic hydroxyl groups is 3. The highest BCUT2D eigenvalue weighted by Crippen LogP contribution is 2.52. The number of aromatic nitrogens is 2. The molecular weight excluding hydrogens is 1640 g/mol. The molecule has 4 aromatic heterocycles. The summed E-state index contributed by atoms with van der Waals surface area (Å²) in [6.07, 6.45) is 22.8. The molecule has 0 radical (unpaired) electrons. The highest BCUT2D eigenvalue weighted by molar-refractivity contribution is 7.19. The topological polar surface area (TPSA) is 201 Å². The minimum Gasteiger partial charge on any atom is -0.461 e. The van der Waals surface area contributed by atoms with Gasteiger partial charge in [-0.2, -0.15) is 0 Å². The number of hydrogen-bond donors (Lipinski definition) is 3. The van der Waals surface area contributed by atoms with Gasteiger partial charge >= 0.3 is 11.9 Å². The molecule has 6 aromatic carbocycles. The number of rotatable bonds is 42. The molecule has 2 aliphatic rings. The maximum Gasteiger partial charge on any atom is 0.306 e. The molecule has 674 valence electrons. The Balaban J connectivity index is 0.000000257. The molecule has 0 spiro atoms. The second kappa shape index (κ2) is 44.4. The predicted octanol–water partition coefficient (Wildman–Crippen LogP) is 27.1. The van der Waals surface area contributed by atoms with Gasteiger partial charge < -0.3 is 38.1 Å². The van der Waals surface area contributed by atoms with Crippen molar-refractivity contribution >= 4 is 113 Å². The Morgan fingerprint density at radius 2 is 0.832 bits per heavy atom. The van der Waals surface area contributed by atoms with E-state index in [1.165, 1.54) is 15.0 Å². The van der Waals surface area contributed by atoms with Crippen LogP contribution in [0.3, 0.4) is 0 Å². The van der Waals surface area contributed by atoms with Crippen molar-refractivity contribution in [3.05, 3.63) is 226 Å². The molecular formula is C106H144N2O12S2Si3. The van der Waals surface area contributed by atoms with Crippen LogP contribution in [-0.2, 0) is 68.0 Å². The van der Waals surface area contributed by atoms with E-state index in [1.54, 1.807) is 23.7 Å². The van der Waals surface area contributed by atoms with E-state index in [2.05, 4.69) is 179 Å². The van der Waals surface area contributed by atoms with Crippen molar-refractivity contribution in [2.45, 2.75) is 333 Å². The maximum absolute atomic E-state index is 13.5. The van der Waals surface area contributed by atoms with Crippen LogP contribution in [0.4, 0.5) is 0 Å². The smallest absolute Gasteiger partial charge is 0.306 e. The number of esters is 2. The van der Waals surface area contributed by atoms with Gasteiger partial charge in [-0.1, -0.05) is 236 Å². The molecule has 3 N–H and O–H groups in total. The minimum absolute atomic E-state index is 0.0225. The standard InChI is InChI=1S/C62H93NO6SSi3.C44H51NO6S/c1-17-50(53(64)39-45-30-33-49-42-63-37-36-47(49)38-45)46-31-28-44(29-32-46)43-66-59(65)27-21-19-18-20-25-51-52(56(69-73(15,16)62(8,9)10)41-55(51)68-72(13,14)61(5,6)7)34-35-54(67-71(11,12)60(2,3)4)58-40-48-24-22-23-26-57(48)70-58;1-2-35(39(47)24-30-15-18-34-27-45-22-21-32(34)23-30)31-16-13-29(14-17-31)28-51-44(50)12-6-4-3-5-10-36-37(41(49)26-40(36)48)19-20-38(46)43-25-33-9-7-8-11-42(33)52-43/h22-24,26,28-33,36-38,40,42,50-52,54-56H,17-21,25,27,34-35,39,41,43H2,1-16H3;7-9,11,13-18,21-23,25,27,35-38,40-41,46,48-49H,2-6,10,12,19-20,24,26,28H2,1H3/t50?,51-,52-,54-,55+,56-;35?,36-,37-,38-,40+,41-/m11/s1. The molecule has 10 aromatic rings. The highest BCUT2D eigenvalue weighted by Gasteiger charge is 2.52. The normalized spacial score (nSPS) is 19.5. The number of Topliss-reactive ketones (excluding diaryl/α,β-unsaturated/α-hetero) is 2. The largest absolute Gasteiger partial charge is 0.461 e. The average Bonchev–Trinajstić information content (AvgIpc) is 1.59. The van der Waals surface area contributed by atoms with Crippen molar-refractivity contribution < 1.29 is 57.2 Å². The monoisotopic (exact) mass is 1780 g/mol. The summed E-state index contributed by atoms with van der Waals surface area (Å²) >= 11 is 3.51. The minimum atomic E-state index is -2.12. The molecule has 0 bridgehead atoms. The number of hydrogen-bond acceptors (Lipinski definition) is 16. The van der Waals surface area contributed by atoms with Crippen LogP contribution in [0.1, 0.15) is 272 Å². The summed E-state index contributed by atoms with van der Waals surface area (Å²) in [5, 5.41) is 39.3. The summed E-state index contributed by atoms with van der Waals surface area (Å²) in [5.74, 6) is 0.371. The van der Waals surface area contributed by atoms with Crippen molar-refractivity contribution in [2.24, 2.45) is 23.7 Å². The lowest BCUT2D eigenvalue weighted by atomic mass is 9.84. The van der Waals surface area contributed by atoms with Crippen LogP contribution in [0.2, 0.25) is 54.4 Å². The first-order valence-electron chi connectivity index (χ1n) is 46.6. The molecule has 125 heavy (non-hydrogen) atoms. The fraction of sp³-hybridized carbons (Fsp3) is 0.528. The summed E-state index contributed by atoms with van der Waals surface area (Å²) in [7, 11) is -6.33. The molecule has 2 unspecified atom stereocenters. The lowest BCUT2D eigenvalue weighted by Gasteiger charge is -2.41. The molecule has 0 amide bonds. The van der Waals surface area contributed by atoms with E-state index < -0.39 is 43.3 Å². The number of carbonyl (C=O) groups is 4. The van der Waals surface area contributed by atoms with Crippen LogP contribution in [0, 0.1) is 23.7 Å². The van der Waals surface area contributed by atoms with E-state index in [4.69, 9.17) is 22.8 Å². The Morgan fingerprint density at radius 3 is 1.28 bits per heavy atom. The molecule has 0 aliphatic heterocycles. The number of benzene rings is 6. The van der Waals surface area contributed by atoms with Gasteiger partial charge in [-0.25, -0.2) is 0 Å². The third-order valence-electron chi connectivity index (χ3n) is 28.5. The lowest BCUT2D eigenvalue weighted by Crippen LogP contribution is -2.45. The quantitative estimate of drug-likeness (QED) is 0.0185. The Labute approximate surface area is 757 Å². The second-order valence-electron chi connectivity index (χ2n) is 40.5. The van der Waals surface area contributed by atoms with Gasteiger partial charge in [-0.05, 0) is 246 Å². The third-order valence-corrected chi connectivity index (χ3v) is 44.4. The Bertz CT molecular complexity index is 5070. The molecule has 4 heterocycles. The van der Waals surface area contributed by atoms with E-state index in [0.29, 0.717) is 63.2 Å². The summed E-state index contributed by atoms with van der Waals surface area (Å²) in [5.41, 5.74) is 5.81. The van der Waals surface area contributed by atoms with Crippen molar-refractivity contribution in [3.63, 3.8) is 0 Å². The van der Waals surface area contributed by atoms with Crippen molar-refractivity contribution in [2.75, 3.05) is 0 Å². The van der Waals surface area contributed by atoms with Gasteiger partial charge in [0.2, 0.25) is 0 Å². The van der Waals surface area contributed by atoms with Gasteiger partial charge in [0.1, 0.15) is 24.8 Å². The number of pyridine rings is 2.